The molecule has 0 aliphatic heterocycles. The lowest BCUT2D eigenvalue weighted by atomic mass is 10.2. The molecule has 0 rings (SSSR count). The van der Waals surface area contributed by atoms with Gasteiger partial charge in [0, 0.05) is 6.54 Å². The number of carbonyl (C=O) groups is 2. The highest BCUT2D eigenvalue weighted by molar-refractivity contribution is 5.82. The molecule has 0 radical (unpaired) electrons. The predicted octanol–water partition coefficient (Wildman–Crippen LogP) is 0.904. The maximum Gasteiger partial charge on any atom is 0.326 e. The van der Waals surface area contributed by atoms with Crippen molar-refractivity contribution in [3.8, 4) is 12.3 Å². The van der Waals surface area contributed by atoms with E-state index >= 15 is 0 Å². The van der Waals surface area contributed by atoms with Gasteiger partial charge < -0.3 is 15.3 Å². The summed E-state index contributed by atoms with van der Waals surface area (Å²) in [5.41, 5.74) is 0. The SMILES string of the molecule is C#CCN(CC)C(=O)N[C@H](CCC)C(=O)O. The van der Waals surface area contributed by atoms with E-state index in [2.05, 4.69) is 11.2 Å². The summed E-state index contributed by atoms with van der Waals surface area (Å²) in [6.07, 6.45) is 6.21. The summed E-state index contributed by atoms with van der Waals surface area (Å²) in [6, 6.07) is -1.27. The Morgan fingerprint density at radius 3 is 2.50 bits per heavy atom. The van der Waals surface area contributed by atoms with Crippen LogP contribution in [0.5, 0.6) is 0 Å². The van der Waals surface area contributed by atoms with Crippen molar-refractivity contribution in [3.05, 3.63) is 0 Å². The average molecular weight is 226 g/mol. The minimum atomic E-state index is -1.02. The van der Waals surface area contributed by atoms with Gasteiger partial charge in [-0.15, -0.1) is 6.42 Å². The molecule has 0 unspecified atom stereocenters. The van der Waals surface area contributed by atoms with Crippen LogP contribution < -0.4 is 5.32 Å². The number of terminal acetylenes is 1. The van der Waals surface area contributed by atoms with Crippen molar-refractivity contribution in [1.82, 2.24) is 10.2 Å². The van der Waals surface area contributed by atoms with Gasteiger partial charge in [-0.05, 0) is 13.3 Å². The van der Waals surface area contributed by atoms with Crippen LogP contribution in [0.3, 0.4) is 0 Å². The van der Waals surface area contributed by atoms with Gasteiger partial charge in [0.25, 0.3) is 0 Å². The van der Waals surface area contributed by atoms with Gasteiger partial charge in [-0.25, -0.2) is 9.59 Å². The molecule has 0 spiro atoms. The average Bonchev–Trinajstić information content (AvgIpc) is 2.24. The fourth-order valence-corrected chi connectivity index (χ4v) is 1.22. The number of hydrogen-bond acceptors (Lipinski definition) is 2. The fourth-order valence-electron chi connectivity index (χ4n) is 1.22. The number of aliphatic carboxylic acids is 1. The molecule has 0 aromatic rings. The molecular formula is C11H18N2O3. The maximum absolute atomic E-state index is 11.6. The minimum Gasteiger partial charge on any atom is -0.480 e. The van der Waals surface area contributed by atoms with Crippen molar-refractivity contribution >= 4 is 12.0 Å². The summed E-state index contributed by atoms with van der Waals surface area (Å²) in [5, 5.41) is 11.3. The Hall–Kier alpha value is -1.70. The predicted molar refractivity (Wildman–Crippen MR) is 60.9 cm³/mol. The van der Waals surface area contributed by atoms with Crippen molar-refractivity contribution < 1.29 is 14.7 Å². The molecule has 0 aromatic heterocycles. The first-order valence-corrected chi connectivity index (χ1v) is 5.28. The zero-order chi connectivity index (χ0) is 12.6. The normalized spacial score (nSPS) is 11.3. The molecule has 2 amide bonds. The lowest BCUT2D eigenvalue weighted by Gasteiger charge is -2.21. The lowest BCUT2D eigenvalue weighted by Crippen LogP contribution is -2.48. The fraction of sp³-hybridized carbons (Fsp3) is 0.636. The molecule has 1 atom stereocenters. The summed E-state index contributed by atoms with van der Waals surface area (Å²) in [7, 11) is 0. The molecule has 0 aliphatic rings. The number of urea groups is 1. The first-order valence-electron chi connectivity index (χ1n) is 5.28. The van der Waals surface area contributed by atoms with E-state index in [0.717, 1.165) is 0 Å². The third-order valence-corrected chi connectivity index (χ3v) is 2.12. The van der Waals surface area contributed by atoms with Crippen LogP contribution in [-0.2, 0) is 4.79 Å². The van der Waals surface area contributed by atoms with Crippen LogP contribution in [0.2, 0.25) is 0 Å². The van der Waals surface area contributed by atoms with E-state index in [1.54, 1.807) is 6.92 Å². The Balaban J connectivity index is 4.38. The monoisotopic (exact) mass is 226 g/mol. The lowest BCUT2D eigenvalue weighted by molar-refractivity contribution is -0.139. The Bertz CT molecular complexity index is 283. The Kier molecular flexibility index (Phi) is 6.77. The van der Waals surface area contributed by atoms with Crippen molar-refractivity contribution in [1.29, 1.82) is 0 Å². The van der Waals surface area contributed by atoms with Crippen LogP contribution in [0.4, 0.5) is 4.79 Å². The highest BCUT2D eigenvalue weighted by Crippen LogP contribution is 1.99. The molecule has 90 valence electrons. The molecule has 5 heteroatoms. The van der Waals surface area contributed by atoms with Gasteiger partial charge in [0.1, 0.15) is 6.04 Å². The Labute approximate surface area is 95.8 Å². The largest absolute Gasteiger partial charge is 0.480 e. The van der Waals surface area contributed by atoms with Gasteiger partial charge in [-0.3, -0.25) is 0 Å². The van der Waals surface area contributed by atoms with E-state index < -0.39 is 18.0 Å². The van der Waals surface area contributed by atoms with Gasteiger partial charge in [-0.1, -0.05) is 19.3 Å². The molecule has 0 bridgehead atoms. The van der Waals surface area contributed by atoms with Crippen LogP contribution >= 0.6 is 0 Å². The second-order valence-corrected chi connectivity index (χ2v) is 3.35. The number of hydrogen-bond donors (Lipinski definition) is 2. The third-order valence-electron chi connectivity index (χ3n) is 2.12. The smallest absolute Gasteiger partial charge is 0.326 e. The number of carbonyl (C=O) groups excluding carboxylic acids is 1. The van der Waals surface area contributed by atoms with Crippen LogP contribution in [0.1, 0.15) is 26.7 Å². The van der Waals surface area contributed by atoms with Crippen molar-refractivity contribution in [2.45, 2.75) is 32.7 Å². The second kappa shape index (κ2) is 7.57. The Morgan fingerprint density at radius 1 is 1.50 bits per heavy atom. The zero-order valence-electron chi connectivity index (χ0n) is 9.69. The van der Waals surface area contributed by atoms with Gasteiger partial charge in [0.05, 0.1) is 6.54 Å². The third kappa shape index (κ3) is 4.69. The molecule has 2 N–H and O–H groups in total. The standard InChI is InChI=1S/C11H18N2O3/c1-4-7-9(10(14)15)12-11(16)13(6-3)8-5-2/h2,9H,4,6-8H2,1,3H3,(H,12,16)(H,14,15)/t9-/m1/s1. The number of amides is 2. The number of nitrogens with zero attached hydrogens (tertiary/aromatic N) is 1. The first kappa shape index (κ1) is 14.3. The zero-order valence-corrected chi connectivity index (χ0v) is 9.69. The topological polar surface area (TPSA) is 69.6 Å². The van der Waals surface area contributed by atoms with E-state index in [1.807, 2.05) is 6.92 Å². The van der Waals surface area contributed by atoms with E-state index in [1.165, 1.54) is 4.90 Å². The van der Waals surface area contributed by atoms with E-state index in [9.17, 15) is 9.59 Å². The molecule has 0 saturated carbocycles. The molecule has 0 saturated heterocycles. The molecule has 0 aliphatic carbocycles. The highest BCUT2D eigenvalue weighted by atomic mass is 16.4. The van der Waals surface area contributed by atoms with Gasteiger partial charge in [0.2, 0.25) is 0 Å². The van der Waals surface area contributed by atoms with Gasteiger partial charge in [0.15, 0.2) is 0 Å². The van der Waals surface area contributed by atoms with Crippen LogP contribution in [0.25, 0.3) is 0 Å². The molecule has 0 fully saturated rings. The number of carboxylic acid groups (broad SMARTS) is 1. The van der Waals surface area contributed by atoms with E-state index in [0.29, 0.717) is 19.4 Å². The highest BCUT2D eigenvalue weighted by Gasteiger charge is 2.21. The maximum atomic E-state index is 11.6. The summed E-state index contributed by atoms with van der Waals surface area (Å²) < 4.78 is 0. The van der Waals surface area contributed by atoms with Gasteiger partial charge in [-0.2, -0.15) is 0 Å². The van der Waals surface area contributed by atoms with E-state index in [4.69, 9.17) is 11.5 Å². The van der Waals surface area contributed by atoms with Crippen LogP contribution in [0.15, 0.2) is 0 Å². The first-order chi connectivity index (χ1) is 7.56. The summed E-state index contributed by atoms with van der Waals surface area (Å²) in [5.74, 6) is 1.33. The summed E-state index contributed by atoms with van der Waals surface area (Å²) >= 11 is 0. The van der Waals surface area contributed by atoms with Crippen molar-refractivity contribution in [2.75, 3.05) is 13.1 Å². The van der Waals surface area contributed by atoms with Crippen molar-refractivity contribution in [3.63, 3.8) is 0 Å². The number of rotatable bonds is 6. The van der Waals surface area contributed by atoms with Crippen molar-refractivity contribution in [2.24, 2.45) is 0 Å². The summed E-state index contributed by atoms with van der Waals surface area (Å²) in [6.45, 7) is 4.28. The van der Waals surface area contributed by atoms with E-state index in [-0.39, 0.29) is 6.54 Å². The molecule has 0 aromatic carbocycles. The minimum absolute atomic E-state index is 0.181. The van der Waals surface area contributed by atoms with Crippen LogP contribution in [0, 0.1) is 12.3 Å². The van der Waals surface area contributed by atoms with Gasteiger partial charge >= 0.3 is 12.0 Å². The molecule has 0 heterocycles. The Morgan fingerprint density at radius 2 is 2.12 bits per heavy atom. The number of nitrogens with one attached hydrogen (secondary N) is 1. The van der Waals surface area contributed by atoms with Crippen LogP contribution in [-0.4, -0.2) is 41.1 Å². The second-order valence-electron chi connectivity index (χ2n) is 3.35. The molecular weight excluding hydrogens is 208 g/mol. The summed E-state index contributed by atoms with van der Waals surface area (Å²) in [4.78, 5) is 23.8. The molecule has 16 heavy (non-hydrogen) atoms. The molecule has 5 nitrogen and oxygen atoms in total. The number of carboxylic acids is 1. The quantitative estimate of drug-likeness (QED) is 0.661.